The summed E-state index contributed by atoms with van der Waals surface area (Å²) in [5, 5.41) is -0.282. The number of hydrazine groups is 1. The van der Waals surface area contributed by atoms with E-state index in [1.54, 1.807) is 12.1 Å². The van der Waals surface area contributed by atoms with Crippen molar-refractivity contribution >= 4 is 29.2 Å². The van der Waals surface area contributed by atoms with Crippen LogP contribution in [-0.4, -0.2) is 11.9 Å². The molecule has 4 N–H and O–H groups in total. The SMILES string of the molecule is CC(C)(C)c1ccc(C(=O)OONc2cc(F)c(Cl)cc2C(=O)NN)cc1. The smallest absolute Gasteiger partial charge is 0.290 e. The molecule has 144 valence electrons. The number of nitrogens with two attached hydrogens (primary N) is 1. The number of anilines is 1. The molecule has 0 spiro atoms. The monoisotopic (exact) mass is 395 g/mol. The van der Waals surface area contributed by atoms with Crippen molar-refractivity contribution in [3.63, 3.8) is 0 Å². The van der Waals surface area contributed by atoms with Crippen LogP contribution in [0.15, 0.2) is 36.4 Å². The number of benzene rings is 2. The number of nitrogen functional groups attached to an aromatic ring is 1. The fraction of sp³-hybridized carbons (Fsp3) is 0.222. The van der Waals surface area contributed by atoms with E-state index < -0.39 is 17.7 Å². The molecule has 0 radical (unpaired) electrons. The van der Waals surface area contributed by atoms with Gasteiger partial charge in [-0.1, -0.05) is 49.5 Å². The van der Waals surface area contributed by atoms with Crippen LogP contribution >= 0.6 is 11.6 Å². The summed E-state index contributed by atoms with van der Waals surface area (Å²) in [6.07, 6.45) is 0. The Morgan fingerprint density at radius 1 is 1.15 bits per heavy atom. The molecule has 0 saturated carbocycles. The van der Waals surface area contributed by atoms with Crippen molar-refractivity contribution in [1.82, 2.24) is 5.43 Å². The first-order valence-corrected chi connectivity index (χ1v) is 8.25. The number of halogens is 2. The van der Waals surface area contributed by atoms with Gasteiger partial charge in [0, 0.05) is 6.07 Å². The van der Waals surface area contributed by atoms with Crippen LogP contribution in [-0.2, 0) is 15.3 Å². The molecule has 9 heteroatoms. The lowest BCUT2D eigenvalue weighted by molar-refractivity contribution is -0.216. The number of hydrogen-bond donors (Lipinski definition) is 3. The fourth-order valence-corrected chi connectivity index (χ4v) is 2.32. The maximum Gasteiger partial charge on any atom is 0.375 e. The summed E-state index contributed by atoms with van der Waals surface area (Å²) < 4.78 is 13.6. The third-order valence-electron chi connectivity index (χ3n) is 3.69. The Labute approximate surface area is 160 Å². The van der Waals surface area contributed by atoms with Gasteiger partial charge in [0.2, 0.25) is 0 Å². The van der Waals surface area contributed by atoms with Gasteiger partial charge in [-0.2, -0.15) is 0 Å². The number of carbonyl (C=O) groups is 2. The number of carbonyl (C=O) groups excluding carboxylic acids is 2. The normalized spacial score (nSPS) is 11.0. The zero-order valence-electron chi connectivity index (χ0n) is 14.9. The highest BCUT2D eigenvalue weighted by Gasteiger charge is 2.17. The zero-order chi connectivity index (χ0) is 20.2. The molecule has 0 unspecified atom stereocenters. The van der Waals surface area contributed by atoms with Crippen molar-refractivity contribution in [2.45, 2.75) is 26.2 Å². The molecule has 2 rings (SSSR count). The van der Waals surface area contributed by atoms with Gasteiger partial charge in [0.05, 0.1) is 21.8 Å². The molecule has 0 atom stereocenters. The predicted molar refractivity (Wildman–Crippen MR) is 98.3 cm³/mol. The minimum atomic E-state index is -0.805. The van der Waals surface area contributed by atoms with Gasteiger partial charge in [-0.3, -0.25) is 15.1 Å². The van der Waals surface area contributed by atoms with Crippen molar-refractivity contribution in [2.24, 2.45) is 5.84 Å². The first-order chi connectivity index (χ1) is 12.6. The van der Waals surface area contributed by atoms with E-state index >= 15 is 0 Å². The molecule has 27 heavy (non-hydrogen) atoms. The number of nitrogens with one attached hydrogen (secondary N) is 2. The van der Waals surface area contributed by atoms with Crippen LogP contribution in [0.3, 0.4) is 0 Å². The van der Waals surface area contributed by atoms with Crippen molar-refractivity contribution in [1.29, 1.82) is 0 Å². The van der Waals surface area contributed by atoms with E-state index in [0.717, 1.165) is 17.7 Å². The van der Waals surface area contributed by atoms with Crippen LogP contribution in [0, 0.1) is 5.82 Å². The second kappa shape index (κ2) is 8.34. The molecule has 2 aromatic rings. The van der Waals surface area contributed by atoms with Crippen molar-refractivity contribution < 1.29 is 23.9 Å². The Hall–Kier alpha value is -2.68. The predicted octanol–water partition coefficient (Wildman–Crippen LogP) is 3.50. The van der Waals surface area contributed by atoms with Crippen molar-refractivity contribution in [3.05, 3.63) is 63.9 Å². The topological polar surface area (TPSA) is 103 Å². The van der Waals surface area contributed by atoms with Crippen LogP contribution in [0.25, 0.3) is 0 Å². The van der Waals surface area contributed by atoms with Gasteiger partial charge in [-0.05, 0) is 29.2 Å². The Morgan fingerprint density at radius 2 is 1.78 bits per heavy atom. The Kier molecular flexibility index (Phi) is 6.37. The highest BCUT2D eigenvalue weighted by molar-refractivity contribution is 6.31. The lowest BCUT2D eigenvalue weighted by Gasteiger charge is -2.18. The Bertz CT molecular complexity index is 851. The zero-order valence-corrected chi connectivity index (χ0v) is 15.7. The van der Waals surface area contributed by atoms with Crippen LogP contribution in [0.1, 0.15) is 47.1 Å². The average molecular weight is 396 g/mol. The quantitative estimate of drug-likeness (QED) is 0.310. The van der Waals surface area contributed by atoms with E-state index in [4.69, 9.17) is 17.4 Å². The molecule has 1 amide bonds. The molecule has 0 fully saturated rings. The third kappa shape index (κ3) is 5.16. The molecular weight excluding hydrogens is 377 g/mol. The van der Waals surface area contributed by atoms with Crippen LogP contribution in [0.4, 0.5) is 10.1 Å². The summed E-state index contributed by atoms with van der Waals surface area (Å²) in [5.41, 5.74) is 5.08. The van der Waals surface area contributed by atoms with Crippen molar-refractivity contribution in [2.75, 3.05) is 5.48 Å². The Balaban J connectivity index is 2.05. The first-order valence-electron chi connectivity index (χ1n) is 7.88. The summed E-state index contributed by atoms with van der Waals surface area (Å²) in [7, 11) is 0. The second-order valence-corrected chi connectivity index (χ2v) is 7.08. The summed E-state index contributed by atoms with van der Waals surface area (Å²) in [4.78, 5) is 33.0. The first kappa shape index (κ1) is 20.6. The van der Waals surface area contributed by atoms with Crippen LogP contribution in [0.2, 0.25) is 5.02 Å². The summed E-state index contributed by atoms with van der Waals surface area (Å²) >= 11 is 5.65. The van der Waals surface area contributed by atoms with Gasteiger partial charge in [0.1, 0.15) is 5.82 Å². The van der Waals surface area contributed by atoms with Gasteiger partial charge in [0.25, 0.3) is 5.91 Å². The molecule has 0 bridgehead atoms. The third-order valence-corrected chi connectivity index (χ3v) is 3.98. The highest BCUT2D eigenvalue weighted by atomic mass is 35.5. The number of hydrogen-bond acceptors (Lipinski definition) is 6. The maximum absolute atomic E-state index is 13.6. The second-order valence-electron chi connectivity index (χ2n) is 6.67. The highest BCUT2D eigenvalue weighted by Crippen LogP contribution is 2.25. The summed E-state index contributed by atoms with van der Waals surface area (Å²) in [6.45, 7) is 6.15. The van der Waals surface area contributed by atoms with Crippen molar-refractivity contribution in [3.8, 4) is 0 Å². The molecule has 0 aromatic heterocycles. The molecule has 2 aromatic carbocycles. The Morgan fingerprint density at radius 3 is 2.33 bits per heavy atom. The van der Waals surface area contributed by atoms with Gasteiger partial charge < -0.3 is 0 Å². The molecule has 7 nitrogen and oxygen atoms in total. The summed E-state index contributed by atoms with van der Waals surface area (Å²) in [6, 6.07) is 8.77. The largest absolute Gasteiger partial charge is 0.375 e. The fourth-order valence-electron chi connectivity index (χ4n) is 2.15. The van der Waals surface area contributed by atoms with Gasteiger partial charge in [-0.15, -0.1) is 0 Å². The van der Waals surface area contributed by atoms with E-state index in [-0.39, 0.29) is 27.3 Å². The molecular formula is C18H19ClFN3O4. The molecule has 0 heterocycles. The van der Waals surface area contributed by atoms with E-state index in [2.05, 4.69) is 15.4 Å². The van der Waals surface area contributed by atoms with E-state index in [9.17, 15) is 14.0 Å². The summed E-state index contributed by atoms with van der Waals surface area (Å²) in [5.74, 6) is 2.74. The van der Waals surface area contributed by atoms with Crippen LogP contribution in [0.5, 0.6) is 0 Å². The van der Waals surface area contributed by atoms with Crippen LogP contribution < -0.4 is 16.7 Å². The van der Waals surface area contributed by atoms with Gasteiger partial charge in [0.15, 0.2) is 0 Å². The lowest BCUT2D eigenvalue weighted by atomic mass is 9.87. The minimum Gasteiger partial charge on any atom is -0.290 e. The molecule has 0 aliphatic heterocycles. The van der Waals surface area contributed by atoms with E-state index in [1.807, 2.05) is 38.3 Å². The number of rotatable bonds is 5. The molecule has 0 aliphatic rings. The maximum atomic E-state index is 13.6. The number of amides is 1. The van der Waals surface area contributed by atoms with Gasteiger partial charge in [-0.25, -0.2) is 20.5 Å². The van der Waals surface area contributed by atoms with E-state index in [0.29, 0.717) is 0 Å². The standard InChI is InChI=1S/C18H19ClFN3O4/c1-18(2,3)11-6-4-10(5-7-11)17(25)26-27-23-15-9-14(20)13(19)8-12(15)16(24)22-21/h4-9,23H,21H2,1-3H3,(H,22,24). The molecule has 0 saturated heterocycles. The van der Waals surface area contributed by atoms with Gasteiger partial charge >= 0.3 is 5.97 Å². The average Bonchev–Trinajstić information content (AvgIpc) is 2.63. The molecule has 0 aliphatic carbocycles. The minimum absolute atomic E-state index is 0.0564. The lowest BCUT2D eigenvalue weighted by Crippen LogP contribution is -2.30. The van der Waals surface area contributed by atoms with E-state index in [1.165, 1.54) is 0 Å².